The quantitative estimate of drug-likeness (QED) is 0.680. The molecule has 7 nitrogen and oxygen atoms in total. The molecule has 0 radical (unpaired) electrons. The zero-order chi connectivity index (χ0) is 19.3. The van der Waals surface area contributed by atoms with E-state index >= 15 is 0 Å². The largest absolute Gasteiger partial charge is 0.355 e. The van der Waals surface area contributed by atoms with Crippen LogP contribution in [0.1, 0.15) is 10.4 Å². The van der Waals surface area contributed by atoms with E-state index in [0.717, 1.165) is 22.7 Å². The molecule has 0 spiro atoms. The first kappa shape index (κ1) is 17.0. The molecule has 1 aromatic heterocycles. The van der Waals surface area contributed by atoms with Crippen LogP contribution in [0.2, 0.25) is 0 Å². The Morgan fingerprint density at radius 3 is 2.61 bits per heavy atom. The zero-order valence-corrected chi connectivity index (χ0v) is 15.5. The van der Waals surface area contributed by atoms with E-state index in [-0.39, 0.29) is 28.8 Å². The van der Waals surface area contributed by atoms with Gasteiger partial charge < -0.3 is 9.42 Å². The topological polar surface area (TPSA) is 83.7 Å². The van der Waals surface area contributed by atoms with Crippen molar-refractivity contribution < 1.29 is 18.9 Å². The summed E-state index contributed by atoms with van der Waals surface area (Å²) >= 11 is 1.02. The van der Waals surface area contributed by atoms with Crippen LogP contribution in [0.25, 0.3) is 22.2 Å². The Labute approximate surface area is 164 Å². The highest BCUT2D eigenvalue weighted by molar-refractivity contribution is 8.14. The monoisotopic (exact) mass is 393 g/mol. The van der Waals surface area contributed by atoms with Gasteiger partial charge in [-0.25, -0.2) is 0 Å². The van der Waals surface area contributed by atoms with Crippen LogP contribution in [0.4, 0.5) is 4.79 Å². The first-order valence-electron chi connectivity index (χ1n) is 8.85. The molecule has 2 aliphatic rings. The third-order valence-electron chi connectivity index (χ3n) is 5.06. The maximum absolute atomic E-state index is 12.8. The molecule has 3 heterocycles. The van der Waals surface area contributed by atoms with Crippen LogP contribution in [0.5, 0.6) is 0 Å². The summed E-state index contributed by atoms with van der Waals surface area (Å²) in [6.07, 6.45) is 0. The molecule has 0 N–H and O–H groups in total. The van der Waals surface area contributed by atoms with Gasteiger partial charge in [0.1, 0.15) is 5.52 Å². The molecule has 0 bridgehead atoms. The molecule has 0 saturated carbocycles. The molecular weight excluding hydrogens is 378 g/mol. The third kappa shape index (κ3) is 2.68. The second kappa shape index (κ2) is 6.49. The average Bonchev–Trinajstić information content (AvgIpc) is 3.25. The van der Waals surface area contributed by atoms with Gasteiger partial charge in [-0.1, -0.05) is 47.3 Å². The van der Waals surface area contributed by atoms with Gasteiger partial charge in [-0.3, -0.25) is 19.3 Å². The van der Waals surface area contributed by atoms with Crippen LogP contribution >= 0.6 is 11.8 Å². The van der Waals surface area contributed by atoms with Gasteiger partial charge in [0, 0.05) is 24.2 Å². The summed E-state index contributed by atoms with van der Waals surface area (Å²) in [7, 11) is 0. The number of thioether (sulfide) groups is 1. The predicted octanol–water partition coefficient (Wildman–Crippen LogP) is 3.01. The summed E-state index contributed by atoms with van der Waals surface area (Å²) in [5.74, 6) is 0.503. The highest BCUT2D eigenvalue weighted by atomic mass is 32.2. The number of rotatable bonds is 3. The summed E-state index contributed by atoms with van der Waals surface area (Å²) in [5, 5.41) is 4.62. The van der Waals surface area contributed by atoms with Crippen molar-refractivity contribution in [3.05, 3.63) is 54.1 Å². The molecule has 2 aromatic carbocycles. The zero-order valence-electron chi connectivity index (χ0n) is 14.7. The van der Waals surface area contributed by atoms with E-state index in [4.69, 9.17) is 4.52 Å². The molecule has 5 rings (SSSR count). The lowest BCUT2D eigenvalue weighted by Crippen LogP contribution is -2.62. The van der Waals surface area contributed by atoms with Crippen LogP contribution in [-0.2, 0) is 4.79 Å². The normalized spacial score (nSPS) is 17.4. The van der Waals surface area contributed by atoms with Gasteiger partial charge in [0.15, 0.2) is 5.76 Å². The van der Waals surface area contributed by atoms with E-state index in [1.807, 2.05) is 30.3 Å². The van der Waals surface area contributed by atoms with Crippen molar-refractivity contribution in [2.45, 2.75) is 6.04 Å². The van der Waals surface area contributed by atoms with Crippen LogP contribution < -0.4 is 0 Å². The van der Waals surface area contributed by atoms with Crippen molar-refractivity contribution in [3.63, 3.8) is 0 Å². The van der Waals surface area contributed by atoms with E-state index in [2.05, 4.69) is 5.16 Å². The molecule has 28 heavy (non-hydrogen) atoms. The minimum Gasteiger partial charge on any atom is -0.355 e. The number of aromatic nitrogens is 1. The van der Waals surface area contributed by atoms with Crippen molar-refractivity contribution in [2.24, 2.45) is 0 Å². The second-order valence-electron chi connectivity index (χ2n) is 6.79. The Morgan fingerprint density at radius 1 is 1.11 bits per heavy atom. The Bertz CT molecular complexity index is 1090. The Kier molecular flexibility index (Phi) is 3.94. The van der Waals surface area contributed by atoms with Crippen LogP contribution in [-0.4, -0.2) is 56.9 Å². The minimum absolute atomic E-state index is 0.134. The number of likely N-dealkylation sites (tertiary alicyclic amines) is 1. The number of carbonyl (C=O) groups is 3. The third-order valence-corrected chi connectivity index (χ3v) is 5.89. The smallest absolute Gasteiger partial charge is 0.289 e. The fraction of sp³-hybridized carbons (Fsp3) is 0.200. The van der Waals surface area contributed by atoms with Gasteiger partial charge in [0.2, 0.25) is 5.91 Å². The van der Waals surface area contributed by atoms with Gasteiger partial charge in [-0.15, -0.1) is 0 Å². The van der Waals surface area contributed by atoms with E-state index in [1.165, 1.54) is 4.90 Å². The number of hydrogen-bond acceptors (Lipinski definition) is 6. The number of fused-ring (bicyclic) bond motifs is 1. The molecule has 3 aromatic rings. The predicted molar refractivity (Wildman–Crippen MR) is 104 cm³/mol. The average molecular weight is 393 g/mol. The Hall–Kier alpha value is -3.13. The lowest BCUT2D eigenvalue weighted by atomic mass is 10.0. The number of nitrogens with zero attached hydrogens (tertiary/aromatic N) is 3. The van der Waals surface area contributed by atoms with Crippen LogP contribution in [0.15, 0.2) is 53.1 Å². The number of carbonyl (C=O) groups excluding carboxylic acids is 3. The molecule has 2 saturated heterocycles. The van der Waals surface area contributed by atoms with Crippen molar-refractivity contribution in [1.29, 1.82) is 0 Å². The van der Waals surface area contributed by atoms with E-state index in [1.54, 1.807) is 23.1 Å². The van der Waals surface area contributed by atoms with Gasteiger partial charge >= 0.3 is 0 Å². The summed E-state index contributed by atoms with van der Waals surface area (Å²) in [6, 6.07) is 14.6. The molecule has 8 heteroatoms. The number of hydrogen-bond donors (Lipinski definition) is 0. The highest BCUT2D eigenvalue weighted by Gasteiger charge is 2.43. The van der Waals surface area contributed by atoms with Crippen molar-refractivity contribution in [2.75, 3.05) is 18.8 Å². The number of benzene rings is 2. The highest BCUT2D eigenvalue weighted by Crippen LogP contribution is 2.31. The SMILES string of the molecule is O=C(c1ccc2noc(-c3ccccc3)c2c1)N1CC(N2C(=O)CSC2=O)C1. The van der Waals surface area contributed by atoms with E-state index in [9.17, 15) is 14.4 Å². The maximum atomic E-state index is 12.8. The second-order valence-corrected chi connectivity index (χ2v) is 7.72. The first-order valence-corrected chi connectivity index (χ1v) is 9.83. The first-order chi connectivity index (χ1) is 13.6. The van der Waals surface area contributed by atoms with Crippen molar-refractivity contribution in [1.82, 2.24) is 15.0 Å². The lowest BCUT2D eigenvalue weighted by molar-refractivity contribution is -0.128. The van der Waals surface area contributed by atoms with Crippen molar-refractivity contribution >= 4 is 39.7 Å². The maximum Gasteiger partial charge on any atom is 0.289 e. The van der Waals surface area contributed by atoms with E-state index < -0.39 is 0 Å². The molecule has 0 atom stereocenters. The van der Waals surface area contributed by atoms with Crippen LogP contribution in [0.3, 0.4) is 0 Å². The summed E-state index contributed by atoms with van der Waals surface area (Å²) in [5.41, 5.74) is 2.10. The van der Waals surface area contributed by atoms with Gasteiger partial charge in [0.05, 0.1) is 17.2 Å². The standard InChI is InChI=1S/C20H15N3O4S/c24-17-11-28-20(26)23(17)14-9-22(10-14)19(25)13-6-7-16-15(8-13)18(27-21-16)12-4-2-1-3-5-12/h1-8,14H,9-11H2. The number of amides is 3. The molecule has 2 fully saturated rings. The Balaban J connectivity index is 1.37. The summed E-state index contributed by atoms with van der Waals surface area (Å²) < 4.78 is 5.49. The van der Waals surface area contributed by atoms with Crippen LogP contribution in [0, 0.1) is 0 Å². The Morgan fingerprint density at radius 2 is 1.89 bits per heavy atom. The number of imide groups is 1. The fourth-order valence-corrected chi connectivity index (χ4v) is 4.33. The van der Waals surface area contributed by atoms with Gasteiger partial charge in [0.25, 0.3) is 11.1 Å². The molecule has 2 aliphatic heterocycles. The lowest BCUT2D eigenvalue weighted by Gasteiger charge is -2.42. The van der Waals surface area contributed by atoms with Crippen molar-refractivity contribution in [3.8, 4) is 11.3 Å². The summed E-state index contributed by atoms with van der Waals surface area (Å²) in [6.45, 7) is 0.730. The summed E-state index contributed by atoms with van der Waals surface area (Å²) in [4.78, 5) is 39.4. The molecule has 140 valence electrons. The van der Waals surface area contributed by atoms with Gasteiger partial charge in [-0.05, 0) is 18.2 Å². The molecule has 3 amide bonds. The molecule has 0 unspecified atom stereocenters. The minimum atomic E-state index is -0.224. The molecular formula is C20H15N3O4S. The fourth-order valence-electron chi connectivity index (χ4n) is 3.56. The van der Waals surface area contributed by atoms with Gasteiger partial charge in [-0.2, -0.15) is 0 Å². The van der Waals surface area contributed by atoms with E-state index in [0.29, 0.717) is 29.9 Å². The molecule has 0 aliphatic carbocycles.